The van der Waals surface area contributed by atoms with Crippen LogP contribution in [0.5, 0.6) is 11.5 Å². The average molecular weight is 264 g/mol. The summed E-state index contributed by atoms with van der Waals surface area (Å²) < 4.78 is 10.4. The average Bonchev–Trinajstić information content (AvgIpc) is 2.98. The number of benzene rings is 1. The van der Waals surface area contributed by atoms with E-state index in [1.54, 1.807) is 14.2 Å². The summed E-state index contributed by atoms with van der Waals surface area (Å²) in [5.41, 5.74) is 0.941. The predicted molar refractivity (Wildman–Crippen MR) is 72.6 cm³/mol. The van der Waals surface area contributed by atoms with E-state index in [9.17, 15) is 4.79 Å². The SMILES string of the molecule is COc1ccc(CNC(=O)N2CCCC2)c(OC)c1. The van der Waals surface area contributed by atoms with Crippen LogP contribution in [-0.2, 0) is 6.54 Å². The molecule has 0 spiro atoms. The van der Waals surface area contributed by atoms with E-state index < -0.39 is 0 Å². The topological polar surface area (TPSA) is 50.8 Å². The van der Waals surface area contributed by atoms with Gasteiger partial charge in [-0.1, -0.05) is 0 Å². The Morgan fingerprint density at radius 3 is 2.63 bits per heavy atom. The molecule has 1 fully saturated rings. The first-order valence-corrected chi connectivity index (χ1v) is 6.48. The summed E-state index contributed by atoms with van der Waals surface area (Å²) >= 11 is 0. The normalized spacial score (nSPS) is 14.3. The lowest BCUT2D eigenvalue weighted by Crippen LogP contribution is -2.37. The van der Waals surface area contributed by atoms with Crippen LogP contribution in [0.1, 0.15) is 18.4 Å². The molecule has 0 atom stereocenters. The van der Waals surface area contributed by atoms with Crippen LogP contribution >= 0.6 is 0 Å². The number of carbonyl (C=O) groups is 1. The van der Waals surface area contributed by atoms with Crippen molar-refractivity contribution in [1.82, 2.24) is 10.2 Å². The van der Waals surface area contributed by atoms with E-state index in [0.29, 0.717) is 6.54 Å². The van der Waals surface area contributed by atoms with Crippen LogP contribution in [0.3, 0.4) is 0 Å². The molecule has 1 aromatic rings. The number of hydrogen-bond acceptors (Lipinski definition) is 3. The summed E-state index contributed by atoms with van der Waals surface area (Å²) in [6.07, 6.45) is 2.19. The van der Waals surface area contributed by atoms with Crippen LogP contribution < -0.4 is 14.8 Å². The van der Waals surface area contributed by atoms with Crippen LogP contribution in [0.4, 0.5) is 4.79 Å². The summed E-state index contributed by atoms with van der Waals surface area (Å²) in [6, 6.07) is 5.58. The molecule has 1 N–H and O–H groups in total. The standard InChI is InChI=1S/C14H20N2O3/c1-18-12-6-5-11(13(9-12)19-2)10-15-14(17)16-7-3-4-8-16/h5-6,9H,3-4,7-8,10H2,1-2H3,(H,15,17). The molecule has 0 radical (unpaired) electrons. The summed E-state index contributed by atoms with van der Waals surface area (Å²) in [4.78, 5) is 13.7. The third-order valence-corrected chi connectivity index (χ3v) is 3.32. The minimum atomic E-state index is -0.00429. The van der Waals surface area contributed by atoms with E-state index in [2.05, 4.69) is 5.32 Å². The van der Waals surface area contributed by atoms with Gasteiger partial charge in [-0.3, -0.25) is 0 Å². The maximum absolute atomic E-state index is 11.9. The monoisotopic (exact) mass is 264 g/mol. The molecule has 19 heavy (non-hydrogen) atoms. The maximum atomic E-state index is 11.9. The number of hydrogen-bond donors (Lipinski definition) is 1. The second kappa shape index (κ2) is 6.31. The molecule has 0 unspecified atom stereocenters. The Kier molecular flexibility index (Phi) is 4.49. The number of ether oxygens (including phenoxy) is 2. The lowest BCUT2D eigenvalue weighted by molar-refractivity contribution is 0.208. The first kappa shape index (κ1) is 13.5. The fourth-order valence-corrected chi connectivity index (χ4v) is 2.20. The van der Waals surface area contributed by atoms with Gasteiger partial charge in [-0.2, -0.15) is 0 Å². The smallest absolute Gasteiger partial charge is 0.317 e. The van der Waals surface area contributed by atoms with Gasteiger partial charge in [0.2, 0.25) is 0 Å². The summed E-state index contributed by atoms with van der Waals surface area (Å²) in [6.45, 7) is 2.17. The summed E-state index contributed by atoms with van der Waals surface area (Å²) in [5.74, 6) is 1.47. The van der Waals surface area contributed by atoms with Gasteiger partial charge < -0.3 is 19.7 Å². The summed E-state index contributed by atoms with van der Waals surface area (Å²) in [7, 11) is 3.23. The maximum Gasteiger partial charge on any atom is 0.317 e. The second-order valence-electron chi connectivity index (χ2n) is 4.53. The Hall–Kier alpha value is -1.91. The summed E-state index contributed by atoms with van der Waals surface area (Å²) in [5, 5.41) is 2.92. The molecule has 1 saturated heterocycles. The van der Waals surface area contributed by atoms with Gasteiger partial charge in [0.15, 0.2) is 0 Å². The third kappa shape index (κ3) is 3.30. The highest BCUT2D eigenvalue weighted by Crippen LogP contribution is 2.24. The zero-order valence-corrected chi connectivity index (χ0v) is 11.4. The van der Waals surface area contributed by atoms with Gasteiger partial charge in [0.25, 0.3) is 0 Å². The van der Waals surface area contributed by atoms with E-state index in [4.69, 9.17) is 9.47 Å². The predicted octanol–water partition coefficient (Wildman–Crippen LogP) is 2.01. The number of carbonyl (C=O) groups excluding carboxylic acids is 1. The third-order valence-electron chi connectivity index (χ3n) is 3.32. The molecule has 0 aliphatic carbocycles. The number of nitrogens with zero attached hydrogens (tertiary/aromatic N) is 1. The van der Waals surface area contributed by atoms with Crippen molar-refractivity contribution in [3.8, 4) is 11.5 Å². The van der Waals surface area contributed by atoms with E-state index in [-0.39, 0.29) is 6.03 Å². The van der Waals surface area contributed by atoms with Crippen LogP contribution in [0.2, 0.25) is 0 Å². The molecule has 5 heteroatoms. The molecule has 1 aliphatic rings. The highest BCUT2D eigenvalue weighted by atomic mass is 16.5. The van der Waals surface area contributed by atoms with E-state index in [1.165, 1.54) is 0 Å². The Balaban J connectivity index is 1.96. The van der Waals surface area contributed by atoms with Crippen LogP contribution in [0.25, 0.3) is 0 Å². The minimum Gasteiger partial charge on any atom is -0.497 e. The lowest BCUT2D eigenvalue weighted by Gasteiger charge is -2.17. The molecular weight excluding hydrogens is 244 g/mol. The molecular formula is C14H20N2O3. The number of amides is 2. The Morgan fingerprint density at radius 1 is 1.26 bits per heavy atom. The molecule has 0 aromatic heterocycles. The van der Waals surface area contributed by atoms with Crippen molar-refractivity contribution >= 4 is 6.03 Å². The minimum absolute atomic E-state index is 0.00429. The molecule has 0 saturated carbocycles. The molecule has 2 rings (SSSR count). The van der Waals surface area contributed by atoms with Crippen LogP contribution in [-0.4, -0.2) is 38.2 Å². The van der Waals surface area contributed by atoms with Crippen molar-refractivity contribution < 1.29 is 14.3 Å². The number of nitrogens with one attached hydrogen (secondary N) is 1. The molecule has 1 heterocycles. The van der Waals surface area contributed by atoms with Gasteiger partial charge in [-0.05, 0) is 25.0 Å². The molecule has 1 aromatic carbocycles. The fourth-order valence-electron chi connectivity index (χ4n) is 2.20. The van der Waals surface area contributed by atoms with Crippen LogP contribution in [0.15, 0.2) is 18.2 Å². The number of methoxy groups -OCH3 is 2. The molecule has 1 aliphatic heterocycles. The van der Waals surface area contributed by atoms with Crippen molar-refractivity contribution in [2.24, 2.45) is 0 Å². The Labute approximate surface area is 113 Å². The van der Waals surface area contributed by atoms with Crippen molar-refractivity contribution in [2.45, 2.75) is 19.4 Å². The number of rotatable bonds is 4. The molecule has 0 bridgehead atoms. The Morgan fingerprint density at radius 2 is 2.00 bits per heavy atom. The highest BCUT2D eigenvalue weighted by molar-refractivity contribution is 5.74. The van der Waals surface area contributed by atoms with Crippen molar-refractivity contribution in [1.29, 1.82) is 0 Å². The fraction of sp³-hybridized carbons (Fsp3) is 0.500. The van der Waals surface area contributed by atoms with E-state index >= 15 is 0 Å². The van der Waals surface area contributed by atoms with Gasteiger partial charge in [0.05, 0.1) is 14.2 Å². The molecule has 104 valence electrons. The van der Waals surface area contributed by atoms with Crippen molar-refractivity contribution in [3.63, 3.8) is 0 Å². The zero-order chi connectivity index (χ0) is 13.7. The first-order chi connectivity index (χ1) is 9.24. The quantitative estimate of drug-likeness (QED) is 0.905. The Bertz CT molecular complexity index is 442. The van der Waals surface area contributed by atoms with Crippen molar-refractivity contribution in [2.75, 3.05) is 27.3 Å². The first-order valence-electron chi connectivity index (χ1n) is 6.48. The zero-order valence-electron chi connectivity index (χ0n) is 11.4. The second-order valence-corrected chi connectivity index (χ2v) is 4.53. The lowest BCUT2D eigenvalue weighted by atomic mass is 10.2. The largest absolute Gasteiger partial charge is 0.497 e. The number of urea groups is 1. The van der Waals surface area contributed by atoms with Gasteiger partial charge in [-0.25, -0.2) is 4.79 Å². The van der Waals surface area contributed by atoms with Gasteiger partial charge in [0, 0.05) is 31.3 Å². The van der Waals surface area contributed by atoms with Crippen LogP contribution in [0, 0.1) is 0 Å². The van der Waals surface area contributed by atoms with Gasteiger partial charge in [0.1, 0.15) is 11.5 Å². The van der Waals surface area contributed by atoms with Gasteiger partial charge in [-0.15, -0.1) is 0 Å². The van der Waals surface area contributed by atoms with Gasteiger partial charge >= 0.3 is 6.03 Å². The molecule has 5 nitrogen and oxygen atoms in total. The number of likely N-dealkylation sites (tertiary alicyclic amines) is 1. The molecule has 2 amide bonds. The van der Waals surface area contributed by atoms with E-state index in [0.717, 1.165) is 43.0 Å². The van der Waals surface area contributed by atoms with E-state index in [1.807, 2.05) is 23.1 Å². The van der Waals surface area contributed by atoms with Crippen molar-refractivity contribution in [3.05, 3.63) is 23.8 Å². The highest BCUT2D eigenvalue weighted by Gasteiger charge is 2.17.